The Hall–Kier alpha value is -1.01. The number of hydrogen-bond donors (Lipinski definition) is 2. The van der Waals surface area contributed by atoms with Crippen molar-refractivity contribution >= 4 is 35.6 Å². The lowest BCUT2D eigenvalue weighted by molar-refractivity contribution is -0.118. The van der Waals surface area contributed by atoms with Gasteiger partial charge in [0.25, 0.3) is 0 Å². The maximum Gasteiger partial charge on any atom is 0.238 e. The third-order valence-electron chi connectivity index (χ3n) is 4.19. The number of ether oxygens (including phenoxy) is 1. The van der Waals surface area contributed by atoms with E-state index in [0.717, 1.165) is 19.5 Å². The molecule has 3 N–H and O–H groups in total. The Kier molecular flexibility index (Phi) is 7.14. The lowest BCUT2D eigenvalue weighted by atomic mass is 9.80. The largest absolute Gasteiger partial charge is 0.495 e. The van der Waals surface area contributed by atoms with Crippen LogP contribution in [0.4, 0.5) is 5.69 Å². The molecule has 2 rings (SSSR count). The van der Waals surface area contributed by atoms with Crippen molar-refractivity contribution in [1.29, 1.82) is 0 Å². The van der Waals surface area contributed by atoms with Gasteiger partial charge in [-0.15, -0.1) is 12.4 Å². The second-order valence-electron chi connectivity index (χ2n) is 6.49. The zero-order chi connectivity index (χ0) is 16.3. The van der Waals surface area contributed by atoms with Gasteiger partial charge in [0.05, 0.1) is 18.7 Å². The van der Waals surface area contributed by atoms with Crippen LogP contribution in [0.3, 0.4) is 0 Å². The van der Waals surface area contributed by atoms with Crippen molar-refractivity contribution in [2.45, 2.75) is 26.3 Å². The number of carbonyl (C=O) groups is 1. The lowest BCUT2D eigenvalue weighted by Crippen LogP contribution is -2.53. The number of hydrogen-bond acceptors (Lipinski definition) is 4. The van der Waals surface area contributed by atoms with Gasteiger partial charge in [-0.2, -0.15) is 0 Å². The molecule has 1 unspecified atom stereocenters. The van der Waals surface area contributed by atoms with Gasteiger partial charge in [0.15, 0.2) is 0 Å². The summed E-state index contributed by atoms with van der Waals surface area (Å²) in [6, 6.07) is 5.39. The zero-order valence-electron chi connectivity index (χ0n) is 13.8. The number of methoxy groups -OCH3 is 1. The van der Waals surface area contributed by atoms with Crippen LogP contribution < -0.4 is 15.8 Å². The lowest BCUT2D eigenvalue weighted by Gasteiger charge is -2.42. The second kappa shape index (κ2) is 8.20. The molecule has 1 aromatic rings. The molecule has 5 nitrogen and oxygen atoms in total. The molecule has 1 saturated heterocycles. The number of amides is 1. The standard InChI is InChI=1S/C16H24ClN3O2.ClH/c1-16(2)10-20(7-6-14(16)18)9-15(21)19-11-4-5-13(22-3)12(17)8-11;/h4-5,8,14H,6-7,9-10,18H2,1-3H3,(H,19,21);1H. The number of nitrogens with two attached hydrogens (primary N) is 1. The average molecular weight is 362 g/mol. The maximum atomic E-state index is 12.2. The van der Waals surface area contributed by atoms with E-state index >= 15 is 0 Å². The number of anilines is 1. The molecule has 0 bridgehead atoms. The topological polar surface area (TPSA) is 67.6 Å². The highest BCUT2D eigenvalue weighted by molar-refractivity contribution is 6.32. The summed E-state index contributed by atoms with van der Waals surface area (Å²) in [7, 11) is 1.56. The van der Waals surface area contributed by atoms with Gasteiger partial charge in [-0.05, 0) is 30.0 Å². The fourth-order valence-corrected chi connectivity index (χ4v) is 3.03. The number of halogens is 2. The molecule has 7 heteroatoms. The Morgan fingerprint density at radius 3 is 2.78 bits per heavy atom. The maximum absolute atomic E-state index is 12.2. The van der Waals surface area contributed by atoms with Crippen LogP contribution >= 0.6 is 24.0 Å². The van der Waals surface area contributed by atoms with E-state index in [2.05, 4.69) is 24.1 Å². The van der Waals surface area contributed by atoms with E-state index in [-0.39, 0.29) is 29.8 Å². The minimum absolute atomic E-state index is 0. The summed E-state index contributed by atoms with van der Waals surface area (Å²) in [5.41, 5.74) is 6.82. The van der Waals surface area contributed by atoms with Crippen molar-refractivity contribution in [2.24, 2.45) is 11.1 Å². The Bertz CT molecular complexity index is 552. The Morgan fingerprint density at radius 2 is 2.22 bits per heavy atom. The summed E-state index contributed by atoms with van der Waals surface area (Å²) in [5.74, 6) is 0.541. The molecule has 0 aromatic heterocycles. The number of likely N-dealkylation sites (tertiary alicyclic amines) is 1. The molecule has 0 spiro atoms. The second-order valence-corrected chi connectivity index (χ2v) is 6.90. The van der Waals surface area contributed by atoms with Gasteiger partial charge in [0.2, 0.25) is 5.91 Å². The van der Waals surface area contributed by atoms with Crippen molar-refractivity contribution < 1.29 is 9.53 Å². The molecule has 1 aliphatic heterocycles. The van der Waals surface area contributed by atoms with Crippen LogP contribution in [-0.4, -0.2) is 43.6 Å². The first-order valence-electron chi connectivity index (χ1n) is 7.43. The predicted molar refractivity (Wildman–Crippen MR) is 96.7 cm³/mol. The van der Waals surface area contributed by atoms with Gasteiger partial charge in [-0.25, -0.2) is 0 Å². The minimum Gasteiger partial charge on any atom is -0.495 e. The van der Waals surface area contributed by atoms with Crippen molar-refractivity contribution in [2.75, 3.05) is 32.1 Å². The van der Waals surface area contributed by atoms with Gasteiger partial charge in [0.1, 0.15) is 5.75 Å². The normalized spacial score (nSPS) is 20.5. The Morgan fingerprint density at radius 1 is 1.52 bits per heavy atom. The fourth-order valence-electron chi connectivity index (χ4n) is 2.77. The molecule has 0 aliphatic carbocycles. The molecule has 1 aromatic carbocycles. The number of nitrogens with zero attached hydrogens (tertiary/aromatic N) is 1. The SMILES string of the molecule is COc1ccc(NC(=O)CN2CCC(N)C(C)(C)C2)cc1Cl.Cl. The summed E-state index contributed by atoms with van der Waals surface area (Å²) < 4.78 is 5.09. The first-order valence-corrected chi connectivity index (χ1v) is 7.81. The van der Waals surface area contributed by atoms with Crippen LogP contribution in [0.1, 0.15) is 20.3 Å². The Labute approximate surface area is 148 Å². The summed E-state index contributed by atoms with van der Waals surface area (Å²) in [6.45, 7) is 6.32. The number of piperidine rings is 1. The van der Waals surface area contributed by atoms with Crippen LogP contribution in [0.15, 0.2) is 18.2 Å². The fraction of sp³-hybridized carbons (Fsp3) is 0.562. The van der Waals surface area contributed by atoms with Gasteiger partial charge >= 0.3 is 0 Å². The van der Waals surface area contributed by atoms with E-state index in [9.17, 15) is 4.79 Å². The van der Waals surface area contributed by atoms with Crippen molar-refractivity contribution in [3.05, 3.63) is 23.2 Å². The molecule has 0 saturated carbocycles. The van der Waals surface area contributed by atoms with E-state index in [4.69, 9.17) is 22.1 Å². The molecule has 0 radical (unpaired) electrons. The average Bonchev–Trinajstić information content (AvgIpc) is 2.43. The first-order chi connectivity index (χ1) is 10.3. The van der Waals surface area contributed by atoms with Gasteiger partial charge < -0.3 is 15.8 Å². The molecular formula is C16H25Cl2N3O2. The Balaban J connectivity index is 0.00000264. The summed E-state index contributed by atoms with van der Waals surface area (Å²) in [6.07, 6.45) is 0.911. The van der Waals surface area contributed by atoms with E-state index in [1.165, 1.54) is 0 Å². The quantitative estimate of drug-likeness (QED) is 0.864. The molecule has 1 fully saturated rings. The predicted octanol–water partition coefficient (Wildman–Crippen LogP) is 2.77. The summed E-state index contributed by atoms with van der Waals surface area (Å²) in [5, 5.41) is 3.35. The highest BCUT2D eigenvalue weighted by atomic mass is 35.5. The molecule has 130 valence electrons. The zero-order valence-corrected chi connectivity index (χ0v) is 15.3. The van der Waals surface area contributed by atoms with Crippen LogP contribution in [0.5, 0.6) is 5.75 Å². The molecule has 1 aliphatic rings. The molecule has 1 atom stereocenters. The van der Waals surface area contributed by atoms with Gasteiger partial charge in [-0.3, -0.25) is 9.69 Å². The first kappa shape index (κ1) is 20.0. The van der Waals surface area contributed by atoms with Crippen molar-refractivity contribution in [1.82, 2.24) is 4.90 Å². The monoisotopic (exact) mass is 361 g/mol. The van der Waals surface area contributed by atoms with Crippen LogP contribution in [0.2, 0.25) is 5.02 Å². The summed E-state index contributed by atoms with van der Waals surface area (Å²) >= 11 is 6.06. The number of benzene rings is 1. The van der Waals surface area contributed by atoms with E-state index in [1.54, 1.807) is 25.3 Å². The summed E-state index contributed by atoms with van der Waals surface area (Å²) in [4.78, 5) is 14.3. The molecule has 1 amide bonds. The highest BCUT2D eigenvalue weighted by Crippen LogP contribution is 2.28. The third-order valence-corrected chi connectivity index (χ3v) is 4.49. The van der Waals surface area contributed by atoms with Crippen molar-refractivity contribution in [3.63, 3.8) is 0 Å². The smallest absolute Gasteiger partial charge is 0.238 e. The third kappa shape index (κ3) is 5.24. The molecule has 1 heterocycles. The van der Waals surface area contributed by atoms with Gasteiger partial charge in [-0.1, -0.05) is 25.4 Å². The van der Waals surface area contributed by atoms with E-state index in [1.807, 2.05) is 0 Å². The van der Waals surface area contributed by atoms with Crippen molar-refractivity contribution in [3.8, 4) is 5.75 Å². The van der Waals surface area contributed by atoms with Crippen LogP contribution in [0, 0.1) is 5.41 Å². The van der Waals surface area contributed by atoms with Gasteiger partial charge in [0, 0.05) is 24.8 Å². The van der Waals surface area contributed by atoms with Crippen LogP contribution in [0.25, 0.3) is 0 Å². The highest BCUT2D eigenvalue weighted by Gasteiger charge is 2.33. The van der Waals surface area contributed by atoms with Crippen LogP contribution in [-0.2, 0) is 4.79 Å². The van der Waals surface area contributed by atoms with E-state index < -0.39 is 0 Å². The molecular weight excluding hydrogens is 337 g/mol. The number of nitrogens with one attached hydrogen (secondary N) is 1. The molecule has 23 heavy (non-hydrogen) atoms. The van der Waals surface area contributed by atoms with E-state index in [0.29, 0.717) is 23.0 Å². The number of carbonyl (C=O) groups excluding carboxylic acids is 1. The number of rotatable bonds is 4. The minimum atomic E-state index is -0.0486.